The summed E-state index contributed by atoms with van der Waals surface area (Å²) in [5.74, 6) is -4.51. The Morgan fingerprint density at radius 3 is 1.49 bits per heavy atom. The Hall–Kier alpha value is -4.63. The first-order chi connectivity index (χ1) is 32.8. The van der Waals surface area contributed by atoms with Crippen LogP contribution in [0.3, 0.4) is 0 Å². The zero-order chi connectivity index (χ0) is 49.5. The van der Waals surface area contributed by atoms with Gasteiger partial charge in [0.05, 0.1) is 12.2 Å². The predicted molar refractivity (Wildman–Crippen MR) is 277 cm³/mol. The fraction of sp³-hybridized carbons (Fsp3) is 0.550. The largest absolute Gasteiger partial charge is 0.458 e. The van der Waals surface area contributed by atoms with E-state index >= 15 is 0 Å². The highest BCUT2D eigenvalue weighted by molar-refractivity contribution is 6.04. The molecule has 0 aromatic carbocycles. The van der Waals surface area contributed by atoms with Crippen LogP contribution in [0, 0.1) is 29.1 Å². The first-order valence-corrected chi connectivity index (χ1v) is 25.7. The highest BCUT2D eigenvalue weighted by atomic mass is 16.6. The highest BCUT2D eigenvalue weighted by Gasteiger charge is 2.88. The third-order valence-corrected chi connectivity index (χ3v) is 14.3. The van der Waals surface area contributed by atoms with Crippen LogP contribution in [0.1, 0.15) is 151 Å². The molecule has 0 aliphatic heterocycles. The molecule has 0 amide bonds. The molecule has 0 spiro atoms. The van der Waals surface area contributed by atoms with Crippen molar-refractivity contribution in [2.24, 2.45) is 29.1 Å². The van der Waals surface area contributed by atoms with Crippen LogP contribution in [0.25, 0.3) is 0 Å². The van der Waals surface area contributed by atoms with E-state index in [1.54, 1.807) is 26.0 Å². The summed E-state index contributed by atoms with van der Waals surface area (Å²) >= 11 is 0. The molecule has 0 aromatic rings. The van der Waals surface area contributed by atoms with Crippen LogP contribution in [-0.4, -0.2) is 62.6 Å². The lowest BCUT2D eigenvalue weighted by Crippen LogP contribution is -2.66. The van der Waals surface area contributed by atoms with Crippen LogP contribution >= 0.6 is 0 Å². The Morgan fingerprint density at radius 2 is 1.06 bits per heavy atom. The Kier molecular flexibility index (Phi) is 23.2. The second-order valence-corrected chi connectivity index (χ2v) is 19.5. The third kappa shape index (κ3) is 14.5. The topological polar surface area (TPSA) is 130 Å². The quantitative estimate of drug-likeness (QED) is 0.0384. The lowest BCUT2D eigenvalue weighted by atomic mass is 9.59. The number of aliphatic hydroxyl groups is 3. The lowest BCUT2D eigenvalue weighted by Gasteiger charge is -2.53. The molecule has 8 atom stereocenters. The van der Waals surface area contributed by atoms with Crippen molar-refractivity contribution in [1.82, 2.24) is 0 Å². The smallest absolute Gasteiger partial charge is 0.306 e. The SMILES string of the molecule is CC/C=C\C/C=C\C/C=C\C/C=C\C/C=C\CCCC(=O)O[C@@H]1[C@@H](C)[C@@]2(O)[C@@H](C=C(CO)C[C@]3(O)C(=O)C(C)=C[C@@H]23)[C@@H]2C(C)(C)[C@]12OC(=O)CCC/C=C\C/C=C\C/C=C\C/C=C\C/C=C\CC. The van der Waals surface area contributed by atoms with E-state index in [2.05, 4.69) is 135 Å². The number of carbonyl (C=O) groups is 3. The van der Waals surface area contributed by atoms with E-state index in [0.29, 0.717) is 36.8 Å². The molecule has 8 nitrogen and oxygen atoms in total. The number of esters is 2. The average Bonchev–Trinajstić information content (AvgIpc) is 3.74. The van der Waals surface area contributed by atoms with Crippen LogP contribution in [0.15, 0.2) is 145 Å². The van der Waals surface area contributed by atoms with Crippen molar-refractivity contribution < 1.29 is 39.2 Å². The van der Waals surface area contributed by atoms with Crippen LogP contribution in [0.2, 0.25) is 0 Å². The number of hydrogen-bond donors (Lipinski definition) is 3. The molecule has 372 valence electrons. The van der Waals surface area contributed by atoms with Gasteiger partial charge in [-0.05, 0) is 108 Å². The lowest BCUT2D eigenvalue weighted by molar-refractivity contribution is -0.229. The maximum atomic E-state index is 13.9. The Bertz CT molecular complexity index is 2020. The zero-order valence-corrected chi connectivity index (χ0v) is 42.2. The van der Waals surface area contributed by atoms with E-state index < -0.39 is 76.3 Å². The van der Waals surface area contributed by atoms with E-state index in [-0.39, 0.29) is 19.3 Å². The van der Waals surface area contributed by atoms with Gasteiger partial charge < -0.3 is 24.8 Å². The van der Waals surface area contributed by atoms with Gasteiger partial charge in [-0.2, -0.15) is 0 Å². The van der Waals surface area contributed by atoms with E-state index in [1.807, 2.05) is 13.8 Å². The van der Waals surface area contributed by atoms with Gasteiger partial charge in [0.1, 0.15) is 11.7 Å². The highest BCUT2D eigenvalue weighted by Crippen LogP contribution is 2.77. The number of unbranched alkanes of at least 4 members (excludes halogenated alkanes) is 2. The first kappa shape index (κ1) is 56.0. The van der Waals surface area contributed by atoms with Crippen molar-refractivity contribution in [1.29, 1.82) is 0 Å². The third-order valence-electron chi connectivity index (χ3n) is 14.3. The molecular formula is C60H84O8. The Balaban J connectivity index is 1.37. The summed E-state index contributed by atoms with van der Waals surface area (Å²) in [5.41, 5.74) is -5.02. The fourth-order valence-electron chi connectivity index (χ4n) is 10.7. The van der Waals surface area contributed by atoms with Crippen LogP contribution in [0.5, 0.6) is 0 Å². The van der Waals surface area contributed by atoms with Gasteiger partial charge in [-0.1, -0.05) is 168 Å². The van der Waals surface area contributed by atoms with Crippen molar-refractivity contribution in [2.45, 2.75) is 174 Å². The second-order valence-electron chi connectivity index (χ2n) is 19.5. The van der Waals surface area contributed by atoms with Crippen molar-refractivity contribution >= 4 is 17.7 Å². The molecule has 4 aliphatic rings. The minimum atomic E-state index is -1.98. The van der Waals surface area contributed by atoms with Gasteiger partial charge in [-0.3, -0.25) is 14.4 Å². The standard InChI is InChI=1S/C60H84O8/c1-7-9-11-13-15-17-19-21-23-25-27-29-31-33-35-37-39-41-52(62)67-56-48(4)59(66)50(44-49(46-61)45-58(65)51(59)43-47(3)55(58)64)54-57(5,6)60(54,56)68-53(63)42-40-38-36-34-32-30-28-26-24-22-20-18-16-14-12-10-8-2/h9-12,15-18,21-24,27-30,33-36,43-44,48,50-51,54,56,61,65-66H,7-8,13-14,19-20,25-26,31-32,37-42,45-46H2,1-6H3/b11-9-,12-10-,17-15-,18-16-,23-21-,24-22-,29-27-,30-28-,35-33-,36-34-/t48-,50+,51-,54-,56-,58-,59-,60-/m1/s1. The van der Waals surface area contributed by atoms with E-state index in [4.69, 9.17) is 9.47 Å². The van der Waals surface area contributed by atoms with Gasteiger partial charge in [0, 0.05) is 48.3 Å². The number of carbonyl (C=O) groups excluding carboxylic acids is 3. The molecule has 0 bridgehead atoms. The zero-order valence-electron chi connectivity index (χ0n) is 42.2. The number of aliphatic hydroxyl groups excluding tert-OH is 1. The van der Waals surface area contributed by atoms with Gasteiger partial charge >= 0.3 is 11.9 Å². The number of allylic oxidation sites excluding steroid dienone is 20. The van der Waals surface area contributed by atoms with Crippen molar-refractivity contribution in [3.05, 3.63) is 145 Å². The summed E-state index contributed by atoms with van der Waals surface area (Å²) in [4.78, 5) is 41.3. The van der Waals surface area contributed by atoms with Gasteiger partial charge in [-0.15, -0.1) is 0 Å². The van der Waals surface area contributed by atoms with Crippen molar-refractivity contribution in [3.63, 3.8) is 0 Å². The molecule has 68 heavy (non-hydrogen) atoms. The molecule has 0 aromatic heterocycles. The Labute approximate surface area is 409 Å². The molecule has 0 heterocycles. The number of fused-ring (bicyclic) bond motifs is 5. The average molecular weight is 933 g/mol. The minimum Gasteiger partial charge on any atom is -0.458 e. The summed E-state index contributed by atoms with van der Waals surface area (Å²) < 4.78 is 13.0. The van der Waals surface area contributed by atoms with Crippen LogP contribution < -0.4 is 0 Å². The normalized spacial score (nSPS) is 29.2. The van der Waals surface area contributed by atoms with Gasteiger partial charge in [0.2, 0.25) is 0 Å². The molecule has 0 saturated heterocycles. The summed E-state index contributed by atoms with van der Waals surface area (Å²) in [6, 6.07) is 0. The van der Waals surface area contributed by atoms with Gasteiger partial charge in [-0.25, -0.2) is 0 Å². The van der Waals surface area contributed by atoms with E-state index in [1.165, 1.54) is 0 Å². The number of ketones is 1. The monoisotopic (exact) mass is 933 g/mol. The number of Topliss-reactive ketones (excluding diaryl/α,β-unsaturated/α-hetero) is 1. The minimum absolute atomic E-state index is 0.126. The summed E-state index contributed by atoms with van der Waals surface area (Å²) in [5, 5.41) is 35.7. The van der Waals surface area contributed by atoms with Crippen LogP contribution in [-0.2, 0) is 23.9 Å². The fourth-order valence-corrected chi connectivity index (χ4v) is 10.7. The molecule has 8 heteroatoms. The number of hydrogen-bond acceptors (Lipinski definition) is 8. The second kappa shape index (κ2) is 28.1. The predicted octanol–water partition coefficient (Wildman–Crippen LogP) is 12.9. The molecule has 4 aliphatic carbocycles. The molecule has 3 N–H and O–H groups in total. The van der Waals surface area contributed by atoms with Crippen molar-refractivity contribution in [3.8, 4) is 0 Å². The maximum Gasteiger partial charge on any atom is 0.306 e. The summed E-state index contributed by atoms with van der Waals surface area (Å²) in [6.07, 6.45) is 57.4. The molecule has 0 radical (unpaired) electrons. The molecule has 0 unspecified atom stereocenters. The summed E-state index contributed by atoms with van der Waals surface area (Å²) in [6.45, 7) is 11.2. The van der Waals surface area contributed by atoms with E-state index in [9.17, 15) is 29.7 Å². The Morgan fingerprint density at radius 1 is 0.647 bits per heavy atom. The molecular weight excluding hydrogens is 849 g/mol. The first-order valence-electron chi connectivity index (χ1n) is 25.7. The number of ether oxygens (including phenoxy) is 2. The van der Waals surface area contributed by atoms with Crippen molar-refractivity contribution in [2.75, 3.05) is 6.61 Å². The molecule has 4 rings (SSSR count). The van der Waals surface area contributed by atoms with Gasteiger partial charge in [0.15, 0.2) is 11.4 Å². The maximum absolute atomic E-state index is 13.9. The van der Waals surface area contributed by atoms with Gasteiger partial charge in [0.25, 0.3) is 0 Å². The molecule has 2 fully saturated rings. The van der Waals surface area contributed by atoms with Crippen LogP contribution in [0.4, 0.5) is 0 Å². The van der Waals surface area contributed by atoms with E-state index in [0.717, 1.165) is 64.2 Å². The summed E-state index contributed by atoms with van der Waals surface area (Å²) in [7, 11) is 0. The number of rotatable bonds is 29. The molecule has 2 saturated carbocycles.